The van der Waals surface area contributed by atoms with Crippen molar-refractivity contribution in [2.75, 3.05) is 0 Å². The first-order chi connectivity index (χ1) is 5.35. The molecule has 0 N–H and O–H groups in total. The van der Waals surface area contributed by atoms with Crippen molar-refractivity contribution >= 4 is 0 Å². The molecule has 0 saturated heterocycles. The van der Waals surface area contributed by atoms with E-state index in [4.69, 9.17) is 5.26 Å². The SMILES string of the molecule is CCC/C=C(\CC)CCC#N. The zero-order chi connectivity index (χ0) is 8.53. The molecular formula is C10H17N. The quantitative estimate of drug-likeness (QED) is 0.552. The molecule has 0 atom stereocenters. The minimum atomic E-state index is 0.670. The van der Waals surface area contributed by atoms with E-state index in [2.05, 4.69) is 26.0 Å². The Hall–Kier alpha value is -0.770. The summed E-state index contributed by atoms with van der Waals surface area (Å²) in [6.07, 6.45) is 7.38. The van der Waals surface area contributed by atoms with Gasteiger partial charge in [0.1, 0.15) is 0 Å². The molecule has 0 saturated carbocycles. The molecular weight excluding hydrogens is 134 g/mol. The summed E-state index contributed by atoms with van der Waals surface area (Å²) in [6.45, 7) is 4.33. The lowest BCUT2D eigenvalue weighted by atomic mass is 10.1. The lowest BCUT2D eigenvalue weighted by Gasteiger charge is -1.99. The molecule has 0 unspecified atom stereocenters. The monoisotopic (exact) mass is 151 g/mol. The average molecular weight is 151 g/mol. The Morgan fingerprint density at radius 2 is 2.18 bits per heavy atom. The lowest BCUT2D eigenvalue weighted by Crippen LogP contribution is -1.80. The molecule has 0 radical (unpaired) electrons. The van der Waals surface area contributed by atoms with Gasteiger partial charge in [-0.25, -0.2) is 0 Å². The maximum atomic E-state index is 8.36. The third-order valence-corrected chi connectivity index (χ3v) is 1.73. The van der Waals surface area contributed by atoms with Gasteiger partial charge in [-0.2, -0.15) is 5.26 Å². The molecule has 0 aliphatic carbocycles. The molecule has 0 rings (SSSR count). The van der Waals surface area contributed by atoms with E-state index >= 15 is 0 Å². The van der Waals surface area contributed by atoms with E-state index in [0.29, 0.717) is 6.42 Å². The summed E-state index contributed by atoms with van der Waals surface area (Å²) >= 11 is 0. The maximum absolute atomic E-state index is 8.36. The highest BCUT2D eigenvalue weighted by Gasteiger charge is 1.92. The fourth-order valence-electron chi connectivity index (χ4n) is 0.988. The minimum absolute atomic E-state index is 0.670. The molecule has 1 heteroatoms. The summed E-state index contributed by atoms with van der Waals surface area (Å²) in [5.74, 6) is 0. The molecule has 0 aliphatic heterocycles. The summed E-state index contributed by atoms with van der Waals surface area (Å²) in [4.78, 5) is 0. The fourth-order valence-corrected chi connectivity index (χ4v) is 0.988. The van der Waals surface area contributed by atoms with Crippen molar-refractivity contribution < 1.29 is 0 Å². The molecule has 0 spiro atoms. The Labute approximate surface area is 69.7 Å². The zero-order valence-corrected chi connectivity index (χ0v) is 7.56. The van der Waals surface area contributed by atoms with Crippen LogP contribution in [-0.2, 0) is 0 Å². The average Bonchev–Trinajstić information content (AvgIpc) is 2.05. The second-order valence-corrected chi connectivity index (χ2v) is 2.66. The van der Waals surface area contributed by atoms with Gasteiger partial charge in [0.2, 0.25) is 0 Å². The van der Waals surface area contributed by atoms with Crippen LogP contribution in [0.25, 0.3) is 0 Å². The predicted molar refractivity (Wildman–Crippen MR) is 48.1 cm³/mol. The molecule has 0 bridgehead atoms. The molecule has 0 heterocycles. The van der Waals surface area contributed by atoms with E-state index < -0.39 is 0 Å². The summed E-state index contributed by atoms with van der Waals surface area (Å²) in [7, 11) is 0. The van der Waals surface area contributed by atoms with E-state index in [1.807, 2.05) is 0 Å². The van der Waals surface area contributed by atoms with Crippen molar-refractivity contribution in [1.29, 1.82) is 5.26 Å². The lowest BCUT2D eigenvalue weighted by molar-refractivity contribution is 0.873. The smallest absolute Gasteiger partial charge is 0.0625 e. The maximum Gasteiger partial charge on any atom is 0.0625 e. The molecule has 0 fully saturated rings. The molecule has 0 amide bonds. The normalized spacial score (nSPS) is 11.2. The Morgan fingerprint density at radius 1 is 1.45 bits per heavy atom. The van der Waals surface area contributed by atoms with Crippen molar-refractivity contribution in [1.82, 2.24) is 0 Å². The second-order valence-electron chi connectivity index (χ2n) is 2.66. The number of rotatable bonds is 5. The molecule has 0 aromatic carbocycles. The summed E-state index contributed by atoms with van der Waals surface area (Å²) in [5, 5.41) is 8.36. The van der Waals surface area contributed by atoms with Crippen LogP contribution in [0.2, 0.25) is 0 Å². The van der Waals surface area contributed by atoms with Crippen LogP contribution in [0.15, 0.2) is 11.6 Å². The van der Waals surface area contributed by atoms with Gasteiger partial charge in [-0.05, 0) is 19.3 Å². The number of nitriles is 1. The van der Waals surface area contributed by atoms with E-state index in [1.54, 1.807) is 0 Å². The van der Waals surface area contributed by atoms with E-state index in [0.717, 1.165) is 19.3 Å². The molecule has 0 aromatic rings. The third-order valence-electron chi connectivity index (χ3n) is 1.73. The molecule has 62 valence electrons. The van der Waals surface area contributed by atoms with Crippen LogP contribution in [0.3, 0.4) is 0 Å². The van der Waals surface area contributed by atoms with Crippen molar-refractivity contribution in [3.8, 4) is 6.07 Å². The van der Waals surface area contributed by atoms with Crippen LogP contribution in [0.4, 0.5) is 0 Å². The first-order valence-electron chi connectivity index (χ1n) is 4.40. The number of unbranched alkanes of at least 4 members (excludes halogenated alkanes) is 1. The van der Waals surface area contributed by atoms with Gasteiger partial charge in [0.05, 0.1) is 6.07 Å². The Kier molecular flexibility index (Phi) is 6.82. The Morgan fingerprint density at radius 3 is 2.64 bits per heavy atom. The summed E-state index contributed by atoms with van der Waals surface area (Å²) in [6, 6.07) is 2.17. The van der Waals surface area contributed by atoms with Gasteiger partial charge in [-0.1, -0.05) is 31.9 Å². The van der Waals surface area contributed by atoms with Gasteiger partial charge in [-0.15, -0.1) is 0 Å². The Balaban J connectivity index is 3.66. The second kappa shape index (κ2) is 7.34. The van der Waals surface area contributed by atoms with Crippen LogP contribution >= 0.6 is 0 Å². The summed E-state index contributed by atoms with van der Waals surface area (Å²) < 4.78 is 0. The summed E-state index contributed by atoms with van der Waals surface area (Å²) in [5.41, 5.74) is 1.44. The topological polar surface area (TPSA) is 23.8 Å². The highest BCUT2D eigenvalue weighted by molar-refractivity contribution is 5.02. The van der Waals surface area contributed by atoms with Gasteiger partial charge < -0.3 is 0 Å². The molecule has 1 nitrogen and oxygen atoms in total. The molecule has 0 aliphatic rings. The predicted octanol–water partition coefficient (Wildman–Crippen LogP) is 3.43. The Bertz CT molecular complexity index is 151. The van der Waals surface area contributed by atoms with E-state index in [9.17, 15) is 0 Å². The van der Waals surface area contributed by atoms with Crippen LogP contribution in [0.5, 0.6) is 0 Å². The largest absolute Gasteiger partial charge is 0.198 e. The number of hydrogen-bond donors (Lipinski definition) is 0. The fraction of sp³-hybridized carbons (Fsp3) is 0.700. The van der Waals surface area contributed by atoms with E-state index in [1.165, 1.54) is 12.0 Å². The highest BCUT2D eigenvalue weighted by atomic mass is 14.2. The van der Waals surface area contributed by atoms with Crippen molar-refractivity contribution in [2.24, 2.45) is 0 Å². The van der Waals surface area contributed by atoms with Crippen LogP contribution in [-0.4, -0.2) is 0 Å². The third kappa shape index (κ3) is 5.66. The zero-order valence-electron chi connectivity index (χ0n) is 7.56. The van der Waals surface area contributed by atoms with Crippen molar-refractivity contribution in [3.63, 3.8) is 0 Å². The number of nitrogens with zero attached hydrogens (tertiary/aromatic N) is 1. The van der Waals surface area contributed by atoms with Crippen molar-refractivity contribution in [3.05, 3.63) is 11.6 Å². The molecule has 11 heavy (non-hydrogen) atoms. The van der Waals surface area contributed by atoms with E-state index in [-0.39, 0.29) is 0 Å². The number of allylic oxidation sites excluding steroid dienone is 2. The van der Waals surface area contributed by atoms with Crippen LogP contribution < -0.4 is 0 Å². The van der Waals surface area contributed by atoms with Gasteiger partial charge in [-0.3, -0.25) is 0 Å². The molecule has 0 aromatic heterocycles. The standard InChI is InChI=1S/C10H17N/c1-3-5-7-10(4-2)8-6-9-11/h7H,3-6,8H2,1-2H3/b10-7+. The van der Waals surface area contributed by atoms with Crippen molar-refractivity contribution in [2.45, 2.75) is 46.0 Å². The van der Waals surface area contributed by atoms with Gasteiger partial charge in [0.25, 0.3) is 0 Å². The minimum Gasteiger partial charge on any atom is -0.198 e. The van der Waals surface area contributed by atoms with Gasteiger partial charge >= 0.3 is 0 Å². The first-order valence-corrected chi connectivity index (χ1v) is 4.40. The first kappa shape index (κ1) is 10.2. The van der Waals surface area contributed by atoms with Crippen LogP contribution in [0.1, 0.15) is 46.0 Å². The van der Waals surface area contributed by atoms with Gasteiger partial charge in [0, 0.05) is 6.42 Å². The highest BCUT2D eigenvalue weighted by Crippen LogP contribution is 2.10. The van der Waals surface area contributed by atoms with Crippen LogP contribution in [0, 0.1) is 11.3 Å². The van der Waals surface area contributed by atoms with Gasteiger partial charge in [0.15, 0.2) is 0 Å². The number of hydrogen-bond acceptors (Lipinski definition) is 1.